The van der Waals surface area contributed by atoms with Crippen LogP contribution in [0.5, 0.6) is 0 Å². The molecular formula is C20H20ClN5OS. The van der Waals surface area contributed by atoms with Crippen LogP contribution in [-0.2, 0) is 4.79 Å². The van der Waals surface area contributed by atoms with Gasteiger partial charge in [-0.1, -0.05) is 30.7 Å². The van der Waals surface area contributed by atoms with Crippen molar-refractivity contribution >= 4 is 40.0 Å². The molecule has 0 saturated heterocycles. The zero-order chi connectivity index (χ0) is 19.4. The number of halogens is 1. The number of aromatic amines is 1. The topological polar surface area (TPSA) is 97.6 Å². The maximum Gasteiger partial charge on any atom is 0.221 e. The van der Waals surface area contributed by atoms with Crippen LogP contribution in [-0.4, -0.2) is 25.8 Å². The Morgan fingerprint density at radius 3 is 2.93 bits per heavy atom. The van der Waals surface area contributed by atoms with Gasteiger partial charge in [0.25, 0.3) is 0 Å². The number of nitrogens with one attached hydrogen (secondary N) is 1. The largest absolute Gasteiger partial charge is 0.369 e. The van der Waals surface area contributed by atoms with Crippen LogP contribution in [0.3, 0.4) is 0 Å². The van der Waals surface area contributed by atoms with Crippen molar-refractivity contribution in [3.8, 4) is 10.7 Å². The second kappa shape index (κ2) is 6.67. The molecule has 6 nitrogen and oxygen atoms in total. The molecule has 0 spiro atoms. The van der Waals surface area contributed by atoms with Gasteiger partial charge in [-0.3, -0.25) is 9.78 Å². The minimum atomic E-state index is -0.211. The molecule has 5 unspecified atom stereocenters. The van der Waals surface area contributed by atoms with E-state index < -0.39 is 0 Å². The van der Waals surface area contributed by atoms with Crippen molar-refractivity contribution in [1.29, 1.82) is 0 Å². The van der Waals surface area contributed by atoms with Gasteiger partial charge in [0.2, 0.25) is 5.91 Å². The molecule has 1 saturated carbocycles. The maximum absolute atomic E-state index is 12.3. The van der Waals surface area contributed by atoms with Crippen molar-refractivity contribution in [3.63, 3.8) is 0 Å². The number of primary amides is 1. The SMILES string of the molecule is CCC(c1c(Cl)cnc2nc(-c3cncs3)[nH]c12)C1C2C=CC(C2)C1C(N)=O. The Labute approximate surface area is 171 Å². The lowest BCUT2D eigenvalue weighted by Gasteiger charge is -2.33. The van der Waals surface area contributed by atoms with Crippen molar-refractivity contribution in [2.75, 3.05) is 0 Å². The highest BCUT2D eigenvalue weighted by Gasteiger charge is 2.50. The summed E-state index contributed by atoms with van der Waals surface area (Å²) in [6.07, 6.45) is 9.71. The second-order valence-corrected chi connectivity index (χ2v) is 8.93. The van der Waals surface area contributed by atoms with E-state index in [1.807, 2.05) is 0 Å². The molecule has 28 heavy (non-hydrogen) atoms. The minimum absolute atomic E-state index is 0.102. The van der Waals surface area contributed by atoms with Crippen LogP contribution >= 0.6 is 22.9 Å². The van der Waals surface area contributed by atoms with Gasteiger partial charge in [0.05, 0.1) is 20.9 Å². The van der Waals surface area contributed by atoms with Gasteiger partial charge in [0.15, 0.2) is 11.5 Å². The summed E-state index contributed by atoms with van der Waals surface area (Å²) in [7, 11) is 0. The molecule has 3 aromatic rings. The summed E-state index contributed by atoms with van der Waals surface area (Å²) in [5.74, 6) is 1.23. The summed E-state index contributed by atoms with van der Waals surface area (Å²) in [6, 6.07) is 0. The van der Waals surface area contributed by atoms with Crippen LogP contribution in [0.25, 0.3) is 21.9 Å². The highest BCUT2D eigenvalue weighted by atomic mass is 35.5. The number of amides is 1. The van der Waals surface area contributed by atoms with Crippen LogP contribution < -0.4 is 5.73 Å². The van der Waals surface area contributed by atoms with Crippen LogP contribution in [0.4, 0.5) is 0 Å². The Kier molecular flexibility index (Phi) is 4.25. The number of H-pyrrole nitrogens is 1. The Morgan fingerprint density at radius 1 is 1.39 bits per heavy atom. The minimum Gasteiger partial charge on any atom is -0.369 e. The molecule has 5 atom stereocenters. The van der Waals surface area contributed by atoms with E-state index in [0.29, 0.717) is 16.6 Å². The molecule has 8 heteroatoms. The summed E-state index contributed by atoms with van der Waals surface area (Å²) in [5, 5.41) is 0.605. The molecule has 3 heterocycles. The van der Waals surface area contributed by atoms with Crippen molar-refractivity contribution < 1.29 is 4.79 Å². The number of aromatic nitrogens is 4. The first-order valence-corrected chi connectivity index (χ1v) is 10.7. The number of carbonyl (C=O) groups is 1. The molecule has 2 aliphatic carbocycles. The number of nitrogens with zero attached hydrogens (tertiary/aromatic N) is 3. The summed E-state index contributed by atoms with van der Waals surface area (Å²) < 4.78 is 0. The molecule has 0 radical (unpaired) electrons. The van der Waals surface area contributed by atoms with Crippen molar-refractivity contribution in [3.05, 3.63) is 40.6 Å². The summed E-state index contributed by atoms with van der Waals surface area (Å²) in [4.78, 5) is 29.8. The molecule has 0 aliphatic heterocycles. The van der Waals surface area contributed by atoms with Crippen LogP contribution in [0.1, 0.15) is 31.2 Å². The van der Waals surface area contributed by atoms with E-state index in [4.69, 9.17) is 17.3 Å². The number of pyridine rings is 1. The van der Waals surface area contributed by atoms with Gasteiger partial charge in [-0.25, -0.2) is 9.97 Å². The Bertz CT molecular complexity index is 1080. The lowest BCUT2D eigenvalue weighted by atomic mass is 9.71. The molecule has 2 aliphatic rings. The van der Waals surface area contributed by atoms with Gasteiger partial charge in [-0.2, -0.15) is 0 Å². The van der Waals surface area contributed by atoms with Crippen LogP contribution in [0.15, 0.2) is 30.1 Å². The van der Waals surface area contributed by atoms with Gasteiger partial charge >= 0.3 is 0 Å². The van der Waals surface area contributed by atoms with E-state index in [1.54, 1.807) is 17.9 Å². The zero-order valence-electron chi connectivity index (χ0n) is 15.3. The smallest absolute Gasteiger partial charge is 0.221 e. The molecule has 5 rings (SSSR count). The molecule has 1 fully saturated rings. The highest BCUT2D eigenvalue weighted by Crippen LogP contribution is 2.55. The predicted octanol–water partition coefficient (Wildman–Crippen LogP) is 4.15. The van der Waals surface area contributed by atoms with E-state index in [-0.39, 0.29) is 29.6 Å². The van der Waals surface area contributed by atoms with Crippen LogP contribution in [0.2, 0.25) is 5.02 Å². The molecule has 144 valence electrons. The number of rotatable bonds is 5. The van der Waals surface area contributed by atoms with Crippen molar-refractivity contribution in [2.45, 2.75) is 25.7 Å². The standard InChI is InChI=1S/C20H20ClN5OS/c1-2-11(14-9-3-4-10(5-9)15(14)18(22)27)16-12(21)6-24-20-17(16)25-19(26-20)13-7-23-8-28-13/h3-4,6-11,14-15H,2,5H2,1H3,(H2,22,27)(H,24,25,26). The number of hydrogen-bond donors (Lipinski definition) is 2. The monoisotopic (exact) mass is 413 g/mol. The van der Waals surface area contributed by atoms with Gasteiger partial charge < -0.3 is 10.7 Å². The molecular weight excluding hydrogens is 394 g/mol. The summed E-state index contributed by atoms with van der Waals surface area (Å²) in [6.45, 7) is 2.14. The average Bonchev–Trinajstić information content (AvgIpc) is 3.46. The zero-order valence-corrected chi connectivity index (χ0v) is 16.9. The summed E-state index contributed by atoms with van der Waals surface area (Å²) in [5.41, 5.74) is 10.1. The lowest BCUT2D eigenvalue weighted by Crippen LogP contribution is -2.36. The van der Waals surface area contributed by atoms with Crippen molar-refractivity contribution in [2.24, 2.45) is 29.4 Å². The third-order valence-electron chi connectivity index (χ3n) is 6.30. The number of carbonyl (C=O) groups excluding carboxylic acids is 1. The molecule has 3 aromatic heterocycles. The Hall–Kier alpha value is -2.25. The number of thiazole rings is 1. The van der Waals surface area contributed by atoms with Gasteiger partial charge in [0.1, 0.15) is 0 Å². The van der Waals surface area contributed by atoms with E-state index in [9.17, 15) is 4.79 Å². The molecule has 0 aromatic carbocycles. The van der Waals surface area contributed by atoms with E-state index in [0.717, 1.165) is 34.6 Å². The quantitative estimate of drug-likeness (QED) is 0.614. The molecule has 2 bridgehead atoms. The Balaban J connectivity index is 1.65. The fraction of sp³-hybridized carbons (Fsp3) is 0.400. The average molecular weight is 414 g/mol. The first kappa shape index (κ1) is 17.8. The number of nitrogens with two attached hydrogens (primary N) is 1. The fourth-order valence-corrected chi connectivity index (χ4v) is 6.09. The normalized spacial score (nSPS) is 26.9. The van der Waals surface area contributed by atoms with Gasteiger partial charge in [-0.15, -0.1) is 11.3 Å². The van der Waals surface area contributed by atoms with E-state index >= 15 is 0 Å². The second-order valence-electron chi connectivity index (χ2n) is 7.64. The van der Waals surface area contributed by atoms with E-state index in [2.05, 4.69) is 39.0 Å². The Morgan fingerprint density at radius 2 is 2.21 bits per heavy atom. The number of imidazole rings is 1. The number of allylic oxidation sites excluding steroid dienone is 2. The van der Waals surface area contributed by atoms with Crippen molar-refractivity contribution in [1.82, 2.24) is 19.9 Å². The number of hydrogen-bond acceptors (Lipinski definition) is 5. The number of fused-ring (bicyclic) bond motifs is 3. The predicted molar refractivity (Wildman–Crippen MR) is 110 cm³/mol. The third kappa shape index (κ3) is 2.60. The van der Waals surface area contributed by atoms with E-state index in [1.165, 1.54) is 11.3 Å². The van der Waals surface area contributed by atoms with Crippen LogP contribution in [0, 0.1) is 23.7 Å². The summed E-state index contributed by atoms with van der Waals surface area (Å²) >= 11 is 8.18. The third-order valence-corrected chi connectivity index (χ3v) is 7.38. The highest BCUT2D eigenvalue weighted by molar-refractivity contribution is 7.13. The van der Waals surface area contributed by atoms with Gasteiger partial charge in [0, 0.05) is 23.9 Å². The molecule has 3 N–H and O–H groups in total. The van der Waals surface area contributed by atoms with Gasteiger partial charge in [-0.05, 0) is 36.5 Å². The first-order chi connectivity index (χ1) is 13.6. The first-order valence-electron chi connectivity index (χ1n) is 9.49. The fourth-order valence-electron chi connectivity index (χ4n) is 5.24. The lowest BCUT2D eigenvalue weighted by molar-refractivity contribution is -0.124. The maximum atomic E-state index is 12.3. The molecule has 1 amide bonds.